The fraction of sp³-hybridized carbons (Fsp3) is 0.600. The van der Waals surface area contributed by atoms with Crippen molar-refractivity contribution in [1.29, 1.82) is 0 Å². The summed E-state index contributed by atoms with van der Waals surface area (Å²) >= 11 is 3.54. The molecular weight excluding hydrogens is 304 g/mol. The molecule has 100 valence electrons. The predicted octanol–water partition coefficient (Wildman–Crippen LogP) is 4.72. The Balaban J connectivity index is 2.02. The molecule has 0 bridgehead atoms. The van der Waals surface area contributed by atoms with Gasteiger partial charge < -0.3 is 4.74 Å². The molecule has 0 aliphatic heterocycles. The second-order valence-corrected chi connectivity index (χ2v) is 11.1. The summed E-state index contributed by atoms with van der Waals surface area (Å²) in [5.41, 5.74) is 2.85. The van der Waals surface area contributed by atoms with Gasteiger partial charge in [-0.05, 0) is 41.1 Å². The molecule has 1 aromatic carbocycles. The van der Waals surface area contributed by atoms with Gasteiger partial charge in [0.2, 0.25) is 0 Å². The minimum Gasteiger partial charge on any atom is -0.373 e. The lowest BCUT2D eigenvalue weighted by molar-refractivity contribution is 0.0391. The first-order chi connectivity index (χ1) is 8.40. The van der Waals surface area contributed by atoms with Gasteiger partial charge in [-0.25, -0.2) is 0 Å². The number of aryl methyl sites for hydroxylation is 1. The van der Waals surface area contributed by atoms with Gasteiger partial charge in [0.05, 0.1) is 6.10 Å². The molecule has 18 heavy (non-hydrogen) atoms. The Kier molecular flexibility index (Phi) is 4.35. The van der Waals surface area contributed by atoms with E-state index in [4.69, 9.17) is 4.74 Å². The van der Waals surface area contributed by atoms with E-state index in [1.807, 2.05) is 0 Å². The van der Waals surface area contributed by atoms with E-state index in [-0.39, 0.29) is 0 Å². The largest absolute Gasteiger partial charge is 0.373 e. The van der Waals surface area contributed by atoms with Crippen LogP contribution in [0.5, 0.6) is 0 Å². The summed E-state index contributed by atoms with van der Waals surface area (Å²) in [5.74, 6) is 0. The van der Waals surface area contributed by atoms with Crippen molar-refractivity contribution in [3.63, 3.8) is 0 Å². The lowest BCUT2D eigenvalue weighted by atomic mass is 10.1. The highest BCUT2D eigenvalue weighted by Gasteiger charge is 2.28. The molecule has 0 heterocycles. The van der Waals surface area contributed by atoms with Gasteiger partial charge >= 0.3 is 0 Å². The van der Waals surface area contributed by atoms with Crippen LogP contribution >= 0.6 is 15.9 Å². The Hall–Kier alpha value is -0.123. The van der Waals surface area contributed by atoms with Crippen molar-refractivity contribution in [3.8, 4) is 0 Å². The molecule has 0 saturated carbocycles. The zero-order chi connectivity index (χ0) is 13.3. The number of hydrogen-bond donors (Lipinski definition) is 0. The average Bonchev–Trinajstić information content (AvgIpc) is 2.68. The monoisotopic (exact) mass is 326 g/mol. The maximum atomic E-state index is 6.21. The van der Waals surface area contributed by atoms with Gasteiger partial charge in [0, 0.05) is 19.9 Å². The van der Waals surface area contributed by atoms with Crippen molar-refractivity contribution in [3.05, 3.63) is 33.8 Å². The van der Waals surface area contributed by atoms with Gasteiger partial charge in [0.15, 0.2) is 0 Å². The second kappa shape index (κ2) is 5.47. The molecule has 0 N–H and O–H groups in total. The molecule has 0 spiro atoms. The van der Waals surface area contributed by atoms with Crippen LogP contribution in [-0.4, -0.2) is 15.4 Å². The van der Waals surface area contributed by atoms with Crippen LogP contribution < -0.4 is 0 Å². The summed E-state index contributed by atoms with van der Waals surface area (Å²) in [4.78, 5) is 0. The van der Waals surface area contributed by atoms with Crippen LogP contribution in [0.15, 0.2) is 22.7 Å². The Morgan fingerprint density at radius 3 is 2.78 bits per heavy atom. The summed E-state index contributed by atoms with van der Waals surface area (Å²) in [7, 11) is -0.667. The van der Waals surface area contributed by atoms with E-state index >= 15 is 0 Å². The highest BCUT2D eigenvalue weighted by molar-refractivity contribution is 9.10. The molecule has 0 aromatic heterocycles. The van der Waals surface area contributed by atoms with Crippen molar-refractivity contribution >= 4 is 24.7 Å². The summed E-state index contributed by atoms with van der Waals surface area (Å²) in [6.45, 7) is 10.4. The first-order valence-electron chi connectivity index (χ1n) is 6.80. The quantitative estimate of drug-likeness (QED) is 0.727. The van der Waals surface area contributed by atoms with Crippen LogP contribution in [0.3, 0.4) is 0 Å². The van der Waals surface area contributed by atoms with E-state index in [0.29, 0.717) is 11.1 Å². The smallest absolute Gasteiger partial charge is 0.0830 e. The lowest BCUT2D eigenvalue weighted by Gasteiger charge is -2.29. The van der Waals surface area contributed by atoms with Crippen molar-refractivity contribution in [2.24, 2.45) is 0 Å². The van der Waals surface area contributed by atoms with Crippen molar-refractivity contribution in [2.45, 2.75) is 50.9 Å². The summed E-state index contributed by atoms with van der Waals surface area (Å²) in [6.07, 6.45) is 2.61. The van der Waals surface area contributed by atoms with Crippen LogP contribution in [0, 0.1) is 0 Å². The van der Waals surface area contributed by atoms with E-state index in [2.05, 4.69) is 61.1 Å². The molecule has 2 rings (SSSR count). The number of halogens is 1. The molecule has 1 unspecified atom stereocenters. The van der Waals surface area contributed by atoms with Gasteiger partial charge in [0.25, 0.3) is 0 Å². The summed E-state index contributed by atoms with van der Waals surface area (Å²) in [5, 5.41) is 0.387. The summed E-state index contributed by atoms with van der Waals surface area (Å²) in [6, 6.07) is 6.58. The van der Waals surface area contributed by atoms with Crippen LogP contribution in [0.1, 0.15) is 37.5 Å². The Morgan fingerprint density at radius 1 is 1.39 bits per heavy atom. The number of fused-ring (bicyclic) bond motifs is 1. The highest BCUT2D eigenvalue weighted by Crippen LogP contribution is 2.38. The maximum Gasteiger partial charge on any atom is 0.0830 e. The van der Waals surface area contributed by atoms with Gasteiger partial charge in [-0.3, -0.25) is 0 Å². The SMILES string of the molecule is C[SiH](C)C(C)(C)COC1CCc2cc(Br)ccc21. The lowest BCUT2D eigenvalue weighted by Crippen LogP contribution is -2.26. The third-order valence-electron chi connectivity index (χ3n) is 4.35. The van der Waals surface area contributed by atoms with Crippen molar-refractivity contribution in [1.82, 2.24) is 0 Å². The van der Waals surface area contributed by atoms with Gasteiger partial charge in [0.1, 0.15) is 0 Å². The first-order valence-corrected chi connectivity index (χ1v) is 10.5. The van der Waals surface area contributed by atoms with E-state index in [0.717, 1.165) is 19.4 Å². The highest BCUT2D eigenvalue weighted by atomic mass is 79.9. The van der Waals surface area contributed by atoms with Crippen molar-refractivity contribution in [2.75, 3.05) is 6.61 Å². The fourth-order valence-electron chi connectivity index (χ4n) is 2.20. The third-order valence-corrected chi connectivity index (χ3v) is 8.13. The molecule has 0 fully saturated rings. The second-order valence-electron chi connectivity index (χ2n) is 6.32. The topological polar surface area (TPSA) is 9.23 Å². The van der Waals surface area contributed by atoms with Gasteiger partial charge in [-0.2, -0.15) is 0 Å². The molecule has 0 radical (unpaired) electrons. The molecule has 3 heteroatoms. The zero-order valence-corrected chi connectivity index (χ0v) is 14.5. The third kappa shape index (κ3) is 3.06. The minimum atomic E-state index is -0.667. The number of rotatable bonds is 4. The number of hydrogen-bond acceptors (Lipinski definition) is 1. The van der Waals surface area contributed by atoms with E-state index < -0.39 is 8.80 Å². The molecule has 1 aliphatic carbocycles. The van der Waals surface area contributed by atoms with Crippen molar-refractivity contribution < 1.29 is 4.74 Å². The number of benzene rings is 1. The van der Waals surface area contributed by atoms with E-state index in [1.165, 1.54) is 15.6 Å². The molecule has 0 amide bonds. The molecule has 0 saturated heterocycles. The van der Waals surface area contributed by atoms with Crippen LogP contribution in [-0.2, 0) is 11.2 Å². The van der Waals surface area contributed by atoms with E-state index in [9.17, 15) is 0 Å². The van der Waals surface area contributed by atoms with Gasteiger partial charge in [-0.15, -0.1) is 0 Å². The zero-order valence-electron chi connectivity index (χ0n) is 11.8. The molecule has 1 aromatic rings. The maximum absolute atomic E-state index is 6.21. The molecule has 1 atom stereocenters. The average molecular weight is 327 g/mol. The van der Waals surface area contributed by atoms with Gasteiger partial charge in [-0.1, -0.05) is 48.9 Å². The van der Waals surface area contributed by atoms with Crippen LogP contribution in [0.4, 0.5) is 0 Å². The fourth-order valence-corrected chi connectivity index (χ4v) is 3.04. The van der Waals surface area contributed by atoms with Crippen LogP contribution in [0.2, 0.25) is 18.1 Å². The normalized spacial score (nSPS) is 19.3. The molecule has 1 nitrogen and oxygen atoms in total. The Morgan fingerprint density at radius 2 is 2.11 bits per heavy atom. The summed E-state index contributed by atoms with van der Waals surface area (Å²) < 4.78 is 7.39. The standard InChI is InChI=1S/C15H23BrOSi/c1-15(2,18(3)4)10-17-14-8-5-11-9-12(16)6-7-13(11)14/h6-7,9,14,18H,5,8,10H2,1-4H3. The Bertz CT molecular complexity index is 429. The minimum absolute atomic E-state index is 0.320. The predicted molar refractivity (Wildman–Crippen MR) is 84.1 cm³/mol. The number of ether oxygens (including phenoxy) is 1. The Labute approximate surface area is 121 Å². The first kappa shape index (κ1) is 14.3. The molecule has 1 aliphatic rings. The molecular formula is C15H23BrOSi. The van der Waals surface area contributed by atoms with Crippen LogP contribution in [0.25, 0.3) is 0 Å². The van der Waals surface area contributed by atoms with E-state index in [1.54, 1.807) is 0 Å².